The molecule has 4 aromatic heterocycles. The minimum absolute atomic E-state index is 0.661. The second kappa shape index (κ2) is 11.7. The van der Waals surface area contributed by atoms with E-state index in [0.717, 1.165) is 44.4 Å². The van der Waals surface area contributed by atoms with Gasteiger partial charge in [-0.2, -0.15) is 0 Å². The molecule has 55 heavy (non-hydrogen) atoms. The van der Waals surface area contributed by atoms with E-state index in [-0.39, 0.29) is 0 Å². The van der Waals surface area contributed by atoms with Crippen LogP contribution >= 0.6 is 11.3 Å². The van der Waals surface area contributed by atoms with Crippen molar-refractivity contribution < 1.29 is 0 Å². The van der Waals surface area contributed by atoms with Crippen LogP contribution in [0.1, 0.15) is 0 Å². The summed E-state index contributed by atoms with van der Waals surface area (Å²) in [4.78, 5) is 10.8. The molecule has 0 atom stereocenters. The fourth-order valence-corrected chi connectivity index (χ4v) is 9.99. The Hall–Kier alpha value is -7.08. The predicted octanol–water partition coefficient (Wildman–Crippen LogP) is 13.5. The van der Waals surface area contributed by atoms with Gasteiger partial charge in [0.25, 0.3) is 0 Å². The number of hydrogen-bond donors (Lipinski definition) is 0. The first-order chi connectivity index (χ1) is 27.3. The molecule has 0 aliphatic carbocycles. The Bertz CT molecular complexity index is 3500. The van der Waals surface area contributed by atoms with Crippen molar-refractivity contribution in [3.63, 3.8) is 0 Å². The van der Waals surface area contributed by atoms with Crippen LogP contribution < -0.4 is 0 Å². The monoisotopic (exact) mass is 718 g/mol. The Morgan fingerprint density at radius 1 is 0.400 bits per heavy atom. The summed E-state index contributed by atoms with van der Waals surface area (Å²) in [6.45, 7) is 0. The molecule has 0 unspecified atom stereocenters. The average molecular weight is 719 g/mol. The van der Waals surface area contributed by atoms with E-state index in [9.17, 15) is 0 Å². The zero-order valence-electron chi connectivity index (χ0n) is 29.5. The summed E-state index contributed by atoms with van der Waals surface area (Å²) in [5, 5.41) is 8.39. The lowest BCUT2D eigenvalue weighted by Crippen LogP contribution is -2.03. The second-order valence-electron chi connectivity index (χ2n) is 14.1. The minimum Gasteiger partial charge on any atom is -0.309 e. The average Bonchev–Trinajstić information content (AvgIpc) is 3.91. The quantitative estimate of drug-likeness (QED) is 0.182. The Balaban J connectivity index is 1.14. The molecule has 5 heteroatoms. The number of rotatable bonds is 4. The van der Waals surface area contributed by atoms with E-state index < -0.39 is 0 Å². The van der Waals surface area contributed by atoms with Crippen LogP contribution in [0.3, 0.4) is 0 Å². The SMILES string of the molecule is c1ccc(-n2c3ccccc3c3c(-c4ccc5c6ccccc6n(-c6nc(-c7cccc8c7sc7ccccc78)c7ccccc7n6)c5c4)cccc32)cc1. The van der Waals surface area contributed by atoms with E-state index in [1.165, 1.54) is 58.3 Å². The van der Waals surface area contributed by atoms with Gasteiger partial charge in [-0.1, -0.05) is 133 Å². The molecule has 0 bridgehead atoms. The molecule has 0 aliphatic rings. The molecule has 12 aromatic rings. The molecule has 0 spiro atoms. The maximum Gasteiger partial charge on any atom is 0.235 e. The molecule has 4 nitrogen and oxygen atoms in total. The molecular formula is C50H30N4S. The molecule has 0 saturated carbocycles. The van der Waals surface area contributed by atoms with Crippen molar-refractivity contribution in [3.8, 4) is 34.0 Å². The van der Waals surface area contributed by atoms with Crippen molar-refractivity contribution in [2.45, 2.75) is 0 Å². The van der Waals surface area contributed by atoms with E-state index in [1.807, 2.05) is 11.3 Å². The van der Waals surface area contributed by atoms with Gasteiger partial charge in [0.15, 0.2) is 0 Å². The summed E-state index contributed by atoms with van der Waals surface area (Å²) in [5.41, 5.74) is 11.0. The Labute approximate surface area is 319 Å². The summed E-state index contributed by atoms with van der Waals surface area (Å²) in [6.07, 6.45) is 0. The first-order valence-electron chi connectivity index (χ1n) is 18.6. The number of thiophene rings is 1. The maximum absolute atomic E-state index is 5.52. The van der Waals surface area contributed by atoms with Gasteiger partial charge in [0.2, 0.25) is 5.95 Å². The molecule has 256 valence electrons. The molecule has 0 N–H and O–H groups in total. The summed E-state index contributed by atoms with van der Waals surface area (Å²) in [7, 11) is 0. The van der Waals surface area contributed by atoms with E-state index >= 15 is 0 Å². The standard InChI is InChI=1S/C50H30N4S/c1-2-14-32(15-3-1)53-43-25-10-6-19-39(43)47-33(20-13-26-44(47)53)31-28-29-35-34-16-5-9-24-42(34)54(45(35)30-31)50-51-41-23-8-4-18-38(41)48(52-50)40-22-12-21-37-36-17-7-11-27-46(36)55-49(37)40/h1-30H. The number of nitrogens with zero attached hydrogens (tertiary/aromatic N) is 4. The number of aromatic nitrogens is 4. The van der Waals surface area contributed by atoms with Gasteiger partial charge in [0.05, 0.1) is 33.3 Å². The lowest BCUT2D eigenvalue weighted by Gasteiger charge is -2.13. The van der Waals surface area contributed by atoms with Crippen molar-refractivity contribution in [2.24, 2.45) is 0 Å². The highest BCUT2D eigenvalue weighted by molar-refractivity contribution is 7.26. The fraction of sp³-hybridized carbons (Fsp3) is 0. The van der Waals surface area contributed by atoms with Crippen molar-refractivity contribution in [3.05, 3.63) is 182 Å². The number of benzene rings is 8. The van der Waals surface area contributed by atoms with Crippen LogP contribution in [-0.4, -0.2) is 19.1 Å². The number of para-hydroxylation sites is 4. The van der Waals surface area contributed by atoms with Crippen LogP contribution in [0.2, 0.25) is 0 Å². The molecule has 12 rings (SSSR count). The second-order valence-corrected chi connectivity index (χ2v) is 15.2. The highest BCUT2D eigenvalue weighted by atomic mass is 32.1. The largest absolute Gasteiger partial charge is 0.309 e. The lowest BCUT2D eigenvalue weighted by molar-refractivity contribution is 1.01. The summed E-state index contributed by atoms with van der Waals surface area (Å²) in [6, 6.07) is 65.3. The van der Waals surface area contributed by atoms with Crippen LogP contribution in [0.4, 0.5) is 0 Å². The van der Waals surface area contributed by atoms with Crippen LogP contribution in [-0.2, 0) is 0 Å². The molecule has 8 aromatic carbocycles. The molecule has 0 saturated heterocycles. The highest BCUT2D eigenvalue weighted by Gasteiger charge is 2.21. The predicted molar refractivity (Wildman–Crippen MR) is 232 cm³/mol. The Kier molecular flexibility index (Phi) is 6.47. The zero-order valence-corrected chi connectivity index (χ0v) is 30.3. The zero-order chi connectivity index (χ0) is 36.0. The maximum atomic E-state index is 5.52. The van der Waals surface area contributed by atoms with Crippen molar-refractivity contribution >= 4 is 86.0 Å². The van der Waals surface area contributed by atoms with E-state index in [4.69, 9.17) is 9.97 Å². The van der Waals surface area contributed by atoms with E-state index in [1.54, 1.807) is 0 Å². The van der Waals surface area contributed by atoms with Crippen LogP contribution in [0.5, 0.6) is 0 Å². The first kappa shape index (κ1) is 30.4. The summed E-state index contributed by atoms with van der Waals surface area (Å²) >= 11 is 1.83. The Morgan fingerprint density at radius 2 is 1.04 bits per heavy atom. The topological polar surface area (TPSA) is 35.6 Å². The molecule has 0 amide bonds. The lowest BCUT2D eigenvalue weighted by atomic mass is 9.98. The summed E-state index contributed by atoms with van der Waals surface area (Å²) in [5.74, 6) is 0.661. The normalized spacial score (nSPS) is 12.0. The minimum atomic E-state index is 0.661. The van der Waals surface area contributed by atoms with Crippen molar-refractivity contribution in [2.75, 3.05) is 0 Å². The first-order valence-corrected chi connectivity index (χ1v) is 19.4. The molecule has 0 aliphatic heterocycles. The highest BCUT2D eigenvalue weighted by Crippen LogP contribution is 2.43. The van der Waals surface area contributed by atoms with Gasteiger partial charge in [-0.3, -0.25) is 4.57 Å². The molecule has 0 fully saturated rings. The third-order valence-corrected chi connectivity index (χ3v) is 12.4. The van der Waals surface area contributed by atoms with Gasteiger partial charge in [-0.15, -0.1) is 11.3 Å². The van der Waals surface area contributed by atoms with E-state index in [0.29, 0.717) is 5.95 Å². The smallest absolute Gasteiger partial charge is 0.235 e. The number of fused-ring (bicyclic) bond motifs is 10. The van der Waals surface area contributed by atoms with Crippen LogP contribution in [0.15, 0.2) is 182 Å². The van der Waals surface area contributed by atoms with Crippen LogP contribution in [0.25, 0.3) is 109 Å². The van der Waals surface area contributed by atoms with Crippen molar-refractivity contribution in [1.29, 1.82) is 0 Å². The van der Waals surface area contributed by atoms with Gasteiger partial charge >= 0.3 is 0 Å². The van der Waals surface area contributed by atoms with E-state index in [2.05, 4.69) is 191 Å². The number of hydrogen-bond acceptors (Lipinski definition) is 3. The van der Waals surface area contributed by atoms with Crippen LogP contribution in [0, 0.1) is 0 Å². The molecule has 0 radical (unpaired) electrons. The van der Waals surface area contributed by atoms with Gasteiger partial charge in [0.1, 0.15) is 0 Å². The van der Waals surface area contributed by atoms with Gasteiger partial charge in [-0.25, -0.2) is 9.97 Å². The van der Waals surface area contributed by atoms with Gasteiger partial charge in [-0.05, 0) is 59.7 Å². The Morgan fingerprint density at radius 3 is 1.91 bits per heavy atom. The third-order valence-electron chi connectivity index (χ3n) is 11.1. The molecular weight excluding hydrogens is 689 g/mol. The van der Waals surface area contributed by atoms with Gasteiger partial charge < -0.3 is 4.57 Å². The van der Waals surface area contributed by atoms with Gasteiger partial charge in [0, 0.05) is 58.4 Å². The summed E-state index contributed by atoms with van der Waals surface area (Å²) < 4.78 is 7.17. The van der Waals surface area contributed by atoms with Crippen molar-refractivity contribution in [1.82, 2.24) is 19.1 Å². The fourth-order valence-electron chi connectivity index (χ4n) is 8.77. The third kappa shape index (κ3) is 4.45. The molecule has 4 heterocycles.